The van der Waals surface area contributed by atoms with Crippen molar-refractivity contribution < 1.29 is 4.39 Å². The molecule has 2 unspecified atom stereocenters. The molecule has 0 bridgehead atoms. The van der Waals surface area contributed by atoms with Gasteiger partial charge >= 0.3 is 0 Å². The van der Waals surface area contributed by atoms with Gasteiger partial charge in [0.2, 0.25) is 0 Å². The summed E-state index contributed by atoms with van der Waals surface area (Å²) in [6.07, 6.45) is 1.85. The molecule has 2 aromatic carbocycles. The van der Waals surface area contributed by atoms with Crippen LogP contribution in [0, 0.1) is 5.82 Å². The average Bonchev–Trinajstić information content (AvgIpc) is 2.46. The van der Waals surface area contributed by atoms with Gasteiger partial charge in [0.1, 0.15) is 5.82 Å². The third kappa shape index (κ3) is 4.94. The number of hydrogen-bond donors (Lipinski definition) is 1. The summed E-state index contributed by atoms with van der Waals surface area (Å²) >= 11 is 3.46. The predicted molar refractivity (Wildman–Crippen MR) is 89.9 cm³/mol. The van der Waals surface area contributed by atoms with Gasteiger partial charge < -0.3 is 5.32 Å². The zero-order chi connectivity index (χ0) is 15.2. The maximum Gasteiger partial charge on any atom is 0.123 e. The lowest BCUT2D eigenvalue weighted by Crippen LogP contribution is -2.32. The zero-order valence-corrected chi connectivity index (χ0v) is 14.0. The Labute approximate surface area is 134 Å². The second kappa shape index (κ2) is 7.71. The number of nitrogens with one attached hydrogen (secondary N) is 1. The minimum atomic E-state index is -0.167. The number of halogens is 2. The van der Waals surface area contributed by atoms with Crippen LogP contribution in [0.1, 0.15) is 37.4 Å². The van der Waals surface area contributed by atoms with Crippen molar-refractivity contribution in [3.63, 3.8) is 0 Å². The number of benzene rings is 2. The fraction of sp³-hybridized carbons (Fsp3) is 0.333. The van der Waals surface area contributed by atoms with E-state index >= 15 is 0 Å². The summed E-state index contributed by atoms with van der Waals surface area (Å²) in [5.74, 6) is -0.167. The van der Waals surface area contributed by atoms with Crippen molar-refractivity contribution in [1.82, 2.24) is 5.32 Å². The van der Waals surface area contributed by atoms with Crippen molar-refractivity contribution in [3.05, 3.63) is 69.9 Å². The predicted octanol–water partition coefficient (Wildman–Crippen LogP) is 5.26. The molecule has 0 fully saturated rings. The molecule has 2 aromatic rings. The Balaban J connectivity index is 1.99. The van der Waals surface area contributed by atoms with Crippen LogP contribution in [0.2, 0.25) is 0 Å². The van der Waals surface area contributed by atoms with Gasteiger partial charge in [-0.2, -0.15) is 0 Å². The summed E-state index contributed by atoms with van der Waals surface area (Å²) < 4.78 is 14.3. The molecule has 0 saturated heterocycles. The molecule has 112 valence electrons. The van der Waals surface area contributed by atoms with Crippen LogP contribution in [-0.4, -0.2) is 6.04 Å². The molecule has 3 heteroatoms. The lowest BCUT2D eigenvalue weighted by molar-refractivity contribution is 0.443. The van der Waals surface area contributed by atoms with Crippen molar-refractivity contribution in [2.75, 3.05) is 0 Å². The fourth-order valence-electron chi connectivity index (χ4n) is 2.56. The summed E-state index contributed by atoms with van der Waals surface area (Å²) in [6, 6.07) is 15.9. The highest BCUT2D eigenvalue weighted by Gasteiger charge is 2.13. The zero-order valence-electron chi connectivity index (χ0n) is 12.4. The molecule has 2 atom stereocenters. The fourth-order valence-corrected chi connectivity index (χ4v) is 2.83. The van der Waals surface area contributed by atoms with E-state index in [9.17, 15) is 4.39 Å². The molecule has 1 nitrogen and oxygen atoms in total. The highest BCUT2D eigenvalue weighted by Crippen LogP contribution is 2.20. The first-order chi connectivity index (χ1) is 10.1. The van der Waals surface area contributed by atoms with Crippen LogP contribution in [0.25, 0.3) is 0 Å². The van der Waals surface area contributed by atoms with E-state index in [4.69, 9.17) is 0 Å². The van der Waals surface area contributed by atoms with Crippen molar-refractivity contribution in [2.24, 2.45) is 0 Å². The smallest absolute Gasteiger partial charge is 0.123 e. The first kappa shape index (κ1) is 16.2. The van der Waals surface area contributed by atoms with E-state index in [0.717, 1.165) is 22.9 Å². The van der Waals surface area contributed by atoms with Crippen LogP contribution in [-0.2, 0) is 6.42 Å². The third-order valence-electron chi connectivity index (χ3n) is 3.60. The molecule has 21 heavy (non-hydrogen) atoms. The minimum absolute atomic E-state index is 0.167. The van der Waals surface area contributed by atoms with Crippen LogP contribution in [0.5, 0.6) is 0 Å². The molecule has 0 amide bonds. The van der Waals surface area contributed by atoms with Gasteiger partial charge in [0.15, 0.2) is 0 Å². The van der Waals surface area contributed by atoms with Crippen LogP contribution < -0.4 is 5.32 Å². The van der Waals surface area contributed by atoms with Gasteiger partial charge in [-0.1, -0.05) is 47.1 Å². The Hall–Kier alpha value is -1.19. The van der Waals surface area contributed by atoms with Crippen molar-refractivity contribution >= 4 is 15.9 Å². The SMILES string of the molecule is CCC(NC(C)Cc1cccc(F)c1)c1ccc(Br)cc1. The lowest BCUT2D eigenvalue weighted by Gasteiger charge is -2.23. The second-order valence-corrected chi connectivity index (χ2v) is 6.33. The van der Waals surface area contributed by atoms with Gasteiger partial charge in [-0.25, -0.2) is 4.39 Å². The van der Waals surface area contributed by atoms with Crippen molar-refractivity contribution in [3.8, 4) is 0 Å². The molecule has 0 saturated carbocycles. The topological polar surface area (TPSA) is 12.0 Å². The monoisotopic (exact) mass is 349 g/mol. The van der Waals surface area contributed by atoms with E-state index in [1.165, 1.54) is 11.6 Å². The van der Waals surface area contributed by atoms with Crippen molar-refractivity contribution in [2.45, 2.75) is 38.8 Å². The van der Waals surface area contributed by atoms with Crippen LogP contribution in [0.3, 0.4) is 0 Å². The number of rotatable bonds is 6. The lowest BCUT2D eigenvalue weighted by atomic mass is 10.0. The highest BCUT2D eigenvalue weighted by atomic mass is 79.9. The van der Waals surface area contributed by atoms with E-state index in [1.807, 2.05) is 6.07 Å². The second-order valence-electron chi connectivity index (χ2n) is 5.41. The molecular weight excluding hydrogens is 329 g/mol. The normalized spacial score (nSPS) is 13.9. The average molecular weight is 350 g/mol. The van der Waals surface area contributed by atoms with Crippen LogP contribution >= 0.6 is 15.9 Å². The first-order valence-electron chi connectivity index (χ1n) is 7.34. The van der Waals surface area contributed by atoms with Gasteiger partial charge in [-0.3, -0.25) is 0 Å². The van der Waals surface area contributed by atoms with Crippen molar-refractivity contribution in [1.29, 1.82) is 0 Å². The van der Waals surface area contributed by atoms with E-state index in [1.54, 1.807) is 12.1 Å². The molecule has 0 aromatic heterocycles. The van der Waals surface area contributed by atoms with E-state index in [0.29, 0.717) is 12.1 Å². The molecule has 0 radical (unpaired) electrons. The molecule has 0 aliphatic heterocycles. The summed E-state index contributed by atoms with van der Waals surface area (Å²) in [5, 5.41) is 3.63. The van der Waals surface area contributed by atoms with Gasteiger partial charge in [0.05, 0.1) is 0 Å². The molecule has 0 spiro atoms. The third-order valence-corrected chi connectivity index (χ3v) is 4.13. The maximum atomic E-state index is 13.2. The Bertz CT molecular complexity index is 568. The molecule has 0 aliphatic carbocycles. The maximum absolute atomic E-state index is 13.2. The Morgan fingerprint density at radius 2 is 1.86 bits per heavy atom. The molecule has 0 heterocycles. The summed E-state index contributed by atoms with van der Waals surface area (Å²) in [4.78, 5) is 0. The Morgan fingerprint density at radius 1 is 1.14 bits per heavy atom. The minimum Gasteiger partial charge on any atom is -0.307 e. The van der Waals surface area contributed by atoms with E-state index in [2.05, 4.69) is 59.4 Å². The number of hydrogen-bond acceptors (Lipinski definition) is 1. The van der Waals surface area contributed by atoms with E-state index in [-0.39, 0.29) is 5.82 Å². The summed E-state index contributed by atoms with van der Waals surface area (Å²) in [6.45, 7) is 4.32. The standard InChI is InChI=1S/C18H21BrFN/c1-3-18(15-7-9-16(19)10-8-15)21-13(2)11-14-5-4-6-17(20)12-14/h4-10,12-13,18,21H,3,11H2,1-2H3. The summed E-state index contributed by atoms with van der Waals surface area (Å²) in [5.41, 5.74) is 2.31. The Morgan fingerprint density at radius 3 is 2.48 bits per heavy atom. The molecule has 2 rings (SSSR count). The van der Waals surface area contributed by atoms with Crippen LogP contribution in [0.15, 0.2) is 53.0 Å². The molecule has 1 N–H and O–H groups in total. The van der Waals surface area contributed by atoms with Gasteiger partial charge in [0.25, 0.3) is 0 Å². The van der Waals surface area contributed by atoms with Gasteiger partial charge in [-0.15, -0.1) is 0 Å². The first-order valence-corrected chi connectivity index (χ1v) is 8.13. The summed E-state index contributed by atoms with van der Waals surface area (Å²) in [7, 11) is 0. The van der Waals surface area contributed by atoms with Crippen LogP contribution in [0.4, 0.5) is 4.39 Å². The molecule has 0 aliphatic rings. The van der Waals surface area contributed by atoms with Gasteiger partial charge in [-0.05, 0) is 55.2 Å². The van der Waals surface area contributed by atoms with E-state index < -0.39 is 0 Å². The largest absolute Gasteiger partial charge is 0.307 e. The Kier molecular flexibility index (Phi) is 5.95. The highest BCUT2D eigenvalue weighted by molar-refractivity contribution is 9.10. The quantitative estimate of drug-likeness (QED) is 0.749. The molecular formula is C18H21BrFN. The van der Waals surface area contributed by atoms with Gasteiger partial charge in [0, 0.05) is 16.6 Å².